The molecule has 3 nitrogen and oxygen atoms in total. The van der Waals surface area contributed by atoms with Crippen molar-refractivity contribution in [3.05, 3.63) is 12.3 Å². The van der Waals surface area contributed by atoms with E-state index < -0.39 is 0 Å². The second-order valence-corrected chi connectivity index (χ2v) is 3.40. The maximum atomic E-state index is 7.43. The predicted octanol–water partition coefficient (Wildman–Crippen LogP) is 1.17. The summed E-state index contributed by atoms with van der Waals surface area (Å²) >= 11 is 0. The van der Waals surface area contributed by atoms with Gasteiger partial charge in [-0.25, -0.2) is 0 Å². The van der Waals surface area contributed by atoms with Gasteiger partial charge < -0.3 is 0 Å². The molecule has 1 atom stereocenters. The highest BCUT2D eigenvalue weighted by molar-refractivity contribution is 7.85. The van der Waals surface area contributed by atoms with Gasteiger partial charge in [0.25, 0.3) is 0 Å². The highest BCUT2D eigenvalue weighted by Gasteiger charge is 1.94. The van der Waals surface area contributed by atoms with Crippen molar-refractivity contribution in [2.75, 3.05) is 5.75 Å². The topological polar surface area (TPSA) is 52.5 Å². The Morgan fingerprint density at radius 1 is 1.89 bits per heavy atom. The third-order valence-electron chi connectivity index (χ3n) is 1.03. The molecule has 0 spiro atoms. The van der Waals surface area contributed by atoms with E-state index in [0.29, 0.717) is 0 Å². The van der Waals surface area contributed by atoms with E-state index in [1.54, 1.807) is 6.20 Å². The van der Waals surface area contributed by atoms with Crippen LogP contribution >= 0.6 is 0 Å². The summed E-state index contributed by atoms with van der Waals surface area (Å²) in [5.74, 6) is 0.863. The smallest absolute Gasteiger partial charge is 0.101 e. The molecule has 1 aromatic rings. The van der Waals surface area contributed by atoms with Gasteiger partial charge in [-0.1, -0.05) is 17.6 Å². The van der Waals surface area contributed by atoms with E-state index >= 15 is 0 Å². The number of aromatic amines is 1. The molecule has 0 radical (unpaired) electrons. The van der Waals surface area contributed by atoms with Gasteiger partial charge in [-0.3, -0.25) is 9.88 Å². The van der Waals surface area contributed by atoms with Crippen molar-refractivity contribution in [1.82, 2.24) is 10.2 Å². The third kappa shape index (κ3) is 1.38. The van der Waals surface area contributed by atoms with Crippen molar-refractivity contribution in [3.63, 3.8) is 0 Å². The van der Waals surface area contributed by atoms with E-state index in [1.165, 1.54) is 0 Å². The highest BCUT2D eigenvalue weighted by Crippen LogP contribution is 1.99. The SMILES string of the molecule is CCS(=N)c1ccn[nH]1. The molecule has 2 N–H and O–H groups in total. The van der Waals surface area contributed by atoms with E-state index in [2.05, 4.69) is 10.2 Å². The maximum Gasteiger partial charge on any atom is 0.101 e. The van der Waals surface area contributed by atoms with Crippen LogP contribution in [-0.4, -0.2) is 16.0 Å². The molecule has 1 aromatic heterocycles. The molecule has 0 aliphatic carbocycles. The standard InChI is InChI=1S/C5H9N3S/c1-2-9(6)5-3-4-7-8-5/h3-4,6H,2H2,1H3,(H,7,8). The van der Waals surface area contributed by atoms with Crippen LogP contribution in [0.1, 0.15) is 6.92 Å². The monoisotopic (exact) mass is 143 g/mol. The van der Waals surface area contributed by atoms with Gasteiger partial charge in [-0.05, 0) is 6.07 Å². The zero-order chi connectivity index (χ0) is 6.69. The summed E-state index contributed by atoms with van der Waals surface area (Å²) in [5.41, 5.74) is 0. The minimum atomic E-state index is -0.377. The molecule has 50 valence electrons. The first-order chi connectivity index (χ1) is 4.34. The average Bonchev–Trinajstić information content (AvgIpc) is 2.37. The first-order valence-electron chi connectivity index (χ1n) is 2.76. The van der Waals surface area contributed by atoms with Crippen LogP contribution < -0.4 is 0 Å². The Morgan fingerprint density at radius 3 is 3.11 bits per heavy atom. The van der Waals surface area contributed by atoms with Crippen molar-refractivity contribution >= 4 is 10.7 Å². The number of H-pyrrole nitrogens is 1. The number of nitrogens with one attached hydrogen (secondary N) is 2. The van der Waals surface area contributed by atoms with Crippen LogP contribution in [-0.2, 0) is 10.7 Å². The Kier molecular flexibility index (Phi) is 2.00. The van der Waals surface area contributed by atoms with Crippen LogP contribution in [0.5, 0.6) is 0 Å². The van der Waals surface area contributed by atoms with E-state index in [4.69, 9.17) is 4.78 Å². The Balaban J connectivity index is 2.77. The molecule has 1 rings (SSSR count). The van der Waals surface area contributed by atoms with Crippen LogP contribution in [0.25, 0.3) is 0 Å². The summed E-state index contributed by atoms with van der Waals surface area (Å²) in [6.07, 6.45) is 1.68. The van der Waals surface area contributed by atoms with Crippen LogP contribution in [0, 0.1) is 4.78 Å². The van der Waals surface area contributed by atoms with Crippen LogP contribution in [0.4, 0.5) is 0 Å². The van der Waals surface area contributed by atoms with Crippen LogP contribution in [0.15, 0.2) is 17.3 Å². The van der Waals surface area contributed by atoms with Gasteiger partial charge in [-0.15, -0.1) is 0 Å². The zero-order valence-electron chi connectivity index (χ0n) is 5.22. The minimum absolute atomic E-state index is 0.377. The number of nitrogens with zero attached hydrogens (tertiary/aromatic N) is 1. The van der Waals surface area contributed by atoms with Crippen molar-refractivity contribution in [3.8, 4) is 0 Å². The van der Waals surface area contributed by atoms with Gasteiger partial charge in [0.1, 0.15) is 5.03 Å². The molecule has 9 heavy (non-hydrogen) atoms. The molecule has 1 unspecified atom stereocenters. The number of hydrogen-bond acceptors (Lipinski definition) is 2. The molecule has 0 aromatic carbocycles. The van der Waals surface area contributed by atoms with E-state index in [9.17, 15) is 0 Å². The molecule has 0 fully saturated rings. The van der Waals surface area contributed by atoms with Gasteiger partial charge >= 0.3 is 0 Å². The normalized spacial score (nSPS) is 13.4. The Bertz CT molecular complexity index is 192. The largest absolute Gasteiger partial charge is 0.274 e. The lowest BCUT2D eigenvalue weighted by molar-refractivity contribution is 0.998. The van der Waals surface area contributed by atoms with Gasteiger partial charge in [0.15, 0.2) is 0 Å². The van der Waals surface area contributed by atoms with Crippen molar-refractivity contribution in [2.45, 2.75) is 11.9 Å². The molecule has 0 saturated carbocycles. The van der Waals surface area contributed by atoms with E-state index in [0.717, 1.165) is 10.8 Å². The van der Waals surface area contributed by atoms with Gasteiger partial charge in [0, 0.05) is 11.9 Å². The first-order valence-corrected chi connectivity index (χ1v) is 4.15. The Morgan fingerprint density at radius 2 is 2.67 bits per heavy atom. The second kappa shape index (κ2) is 2.77. The quantitative estimate of drug-likeness (QED) is 0.641. The van der Waals surface area contributed by atoms with Gasteiger partial charge in [-0.2, -0.15) is 5.10 Å². The fourth-order valence-electron chi connectivity index (χ4n) is 0.536. The van der Waals surface area contributed by atoms with Crippen molar-refractivity contribution < 1.29 is 0 Å². The zero-order valence-corrected chi connectivity index (χ0v) is 6.03. The summed E-state index contributed by atoms with van der Waals surface area (Å²) in [4.78, 5) is 0. The fraction of sp³-hybridized carbons (Fsp3) is 0.400. The summed E-state index contributed by atoms with van der Waals surface area (Å²) in [7, 11) is -0.377. The fourth-order valence-corrected chi connectivity index (χ4v) is 1.23. The maximum absolute atomic E-state index is 7.43. The Hall–Kier alpha value is -0.640. The molecule has 0 aliphatic rings. The number of aromatic nitrogens is 2. The molecule has 0 saturated heterocycles. The summed E-state index contributed by atoms with van der Waals surface area (Å²) in [6.45, 7) is 2.00. The summed E-state index contributed by atoms with van der Waals surface area (Å²) in [6, 6.07) is 1.85. The van der Waals surface area contributed by atoms with Gasteiger partial charge in [0.05, 0.1) is 0 Å². The molecule has 0 amide bonds. The van der Waals surface area contributed by atoms with Crippen molar-refractivity contribution in [1.29, 1.82) is 4.78 Å². The molecular weight excluding hydrogens is 134 g/mol. The minimum Gasteiger partial charge on any atom is -0.274 e. The molecule has 4 heteroatoms. The van der Waals surface area contributed by atoms with E-state index in [-0.39, 0.29) is 10.7 Å². The number of rotatable bonds is 2. The average molecular weight is 143 g/mol. The van der Waals surface area contributed by atoms with Crippen LogP contribution in [0.2, 0.25) is 0 Å². The Labute approximate surface area is 56.4 Å². The number of hydrogen-bond donors (Lipinski definition) is 2. The van der Waals surface area contributed by atoms with Gasteiger partial charge in [0.2, 0.25) is 0 Å². The molecule has 0 aliphatic heterocycles. The lowest BCUT2D eigenvalue weighted by atomic mass is 10.8. The van der Waals surface area contributed by atoms with E-state index in [1.807, 2.05) is 13.0 Å². The first kappa shape index (κ1) is 6.48. The predicted molar refractivity (Wildman–Crippen MR) is 37.5 cm³/mol. The molecular formula is C5H9N3S. The van der Waals surface area contributed by atoms with Crippen LogP contribution in [0.3, 0.4) is 0 Å². The highest BCUT2D eigenvalue weighted by atomic mass is 32.2. The lowest BCUT2D eigenvalue weighted by Gasteiger charge is -1.93. The molecule has 1 heterocycles. The second-order valence-electron chi connectivity index (χ2n) is 1.60. The molecule has 0 bridgehead atoms. The van der Waals surface area contributed by atoms with Crippen molar-refractivity contribution in [2.24, 2.45) is 0 Å². The third-order valence-corrected chi connectivity index (χ3v) is 2.36. The lowest BCUT2D eigenvalue weighted by Crippen LogP contribution is -1.91. The summed E-state index contributed by atoms with van der Waals surface area (Å²) in [5, 5.41) is 7.44. The summed E-state index contributed by atoms with van der Waals surface area (Å²) < 4.78 is 7.43.